The highest BCUT2D eigenvalue weighted by Crippen LogP contribution is 2.44. The van der Waals surface area contributed by atoms with Gasteiger partial charge in [0.05, 0.1) is 28.1 Å². The average Bonchev–Trinajstić information content (AvgIpc) is 3.12. The molecule has 6 nitrogen and oxygen atoms in total. The van der Waals surface area contributed by atoms with Gasteiger partial charge in [-0.3, -0.25) is 19.3 Å². The summed E-state index contributed by atoms with van der Waals surface area (Å²) in [6.07, 6.45) is 9.81. The Morgan fingerprint density at radius 1 is 1.30 bits per heavy atom. The number of rotatable bonds is 2. The Morgan fingerprint density at radius 2 is 2.09 bits per heavy atom. The highest BCUT2D eigenvalue weighted by Gasteiger charge is 2.32. The summed E-state index contributed by atoms with van der Waals surface area (Å²) in [5.41, 5.74) is 1.82. The monoisotopic (exact) mass is 331 g/mol. The van der Waals surface area contributed by atoms with Crippen molar-refractivity contribution in [2.45, 2.75) is 50.3 Å². The van der Waals surface area contributed by atoms with Crippen molar-refractivity contribution in [1.82, 2.24) is 19.6 Å². The van der Waals surface area contributed by atoms with Crippen molar-refractivity contribution in [2.75, 3.05) is 0 Å². The van der Waals surface area contributed by atoms with Crippen molar-refractivity contribution in [3.05, 3.63) is 33.9 Å². The molecule has 0 bridgehead atoms. The zero-order chi connectivity index (χ0) is 16.0. The van der Waals surface area contributed by atoms with Crippen molar-refractivity contribution in [1.29, 1.82) is 0 Å². The first-order valence-electron chi connectivity index (χ1n) is 8.18. The highest BCUT2D eigenvalue weighted by molar-refractivity contribution is 8.14. The molecule has 2 aromatic heterocycles. The van der Waals surface area contributed by atoms with Gasteiger partial charge in [-0.05, 0) is 19.8 Å². The summed E-state index contributed by atoms with van der Waals surface area (Å²) in [4.78, 5) is 17.3. The number of H-pyrrole nitrogens is 1. The summed E-state index contributed by atoms with van der Waals surface area (Å²) >= 11 is 1.63. The minimum absolute atomic E-state index is 0.0109. The van der Waals surface area contributed by atoms with Gasteiger partial charge in [-0.15, -0.1) is 0 Å². The normalized spacial score (nSPS) is 22.0. The molecule has 2 aliphatic rings. The lowest BCUT2D eigenvalue weighted by Crippen LogP contribution is -2.16. The molecule has 1 aliphatic heterocycles. The van der Waals surface area contributed by atoms with E-state index in [-0.39, 0.29) is 10.8 Å². The Balaban J connectivity index is 1.82. The molecule has 7 heteroatoms. The molecule has 1 aliphatic carbocycles. The minimum atomic E-state index is -0.0233. The quantitative estimate of drug-likeness (QED) is 0.918. The van der Waals surface area contributed by atoms with Crippen molar-refractivity contribution >= 4 is 22.6 Å². The van der Waals surface area contributed by atoms with E-state index in [0.717, 1.165) is 34.8 Å². The fourth-order valence-corrected chi connectivity index (χ4v) is 4.69. The lowest BCUT2D eigenvalue weighted by Gasteiger charge is -2.25. The standard InChI is InChI=1S/C16H21N5OS/c1-10-18-15-13(14(23-10)11-8-17-20(2)9-11)16(22)19-21(15)12-6-4-3-5-7-12/h8-9,12,14H,3-7H2,1-2H3,(H,19,22). The van der Waals surface area contributed by atoms with Crippen molar-refractivity contribution in [3.63, 3.8) is 0 Å². The van der Waals surface area contributed by atoms with Gasteiger partial charge in [0, 0.05) is 18.8 Å². The van der Waals surface area contributed by atoms with Crippen LogP contribution in [-0.4, -0.2) is 24.6 Å². The van der Waals surface area contributed by atoms with Crippen LogP contribution in [0.25, 0.3) is 0 Å². The largest absolute Gasteiger partial charge is 0.275 e. The summed E-state index contributed by atoms with van der Waals surface area (Å²) in [6, 6.07) is 0.370. The number of hydrogen-bond acceptors (Lipinski definition) is 4. The van der Waals surface area contributed by atoms with E-state index in [9.17, 15) is 4.79 Å². The Kier molecular flexibility index (Phi) is 3.67. The van der Waals surface area contributed by atoms with E-state index in [1.165, 1.54) is 19.3 Å². The van der Waals surface area contributed by atoms with Crippen LogP contribution in [0.1, 0.15) is 61.4 Å². The maximum atomic E-state index is 12.6. The van der Waals surface area contributed by atoms with Gasteiger partial charge in [-0.25, -0.2) is 4.99 Å². The van der Waals surface area contributed by atoms with E-state index in [2.05, 4.69) is 10.2 Å². The predicted molar refractivity (Wildman–Crippen MR) is 92.6 cm³/mol. The van der Waals surface area contributed by atoms with Crippen molar-refractivity contribution < 1.29 is 0 Å². The third-order valence-electron chi connectivity index (χ3n) is 4.72. The number of nitrogens with zero attached hydrogens (tertiary/aromatic N) is 4. The zero-order valence-corrected chi connectivity index (χ0v) is 14.3. The van der Waals surface area contributed by atoms with E-state index in [1.54, 1.807) is 16.4 Å². The first kappa shape index (κ1) is 14.8. The van der Waals surface area contributed by atoms with Gasteiger partial charge >= 0.3 is 0 Å². The molecule has 3 heterocycles. The summed E-state index contributed by atoms with van der Waals surface area (Å²) in [5.74, 6) is 0.826. The summed E-state index contributed by atoms with van der Waals surface area (Å²) < 4.78 is 3.81. The molecule has 1 unspecified atom stereocenters. The second kappa shape index (κ2) is 5.70. The zero-order valence-electron chi connectivity index (χ0n) is 13.5. The van der Waals surface area contributed by atoms with E-state index < -0.39 is 0 Å². The first-order chi connectivity index (χ1) is 11.1. The molecule has 2 aromatic rings. The molecular formula is C16H21N5OS. The maximum Gasteiger partial charge on any atom is 0.271 e. The molecule has 4 rings (SSSR count). The van der Waals surface area contributed by atoms with Gasteiger partial charge in [0.1, 0.15) is 0 Å². The molecule has 0 spiro atoms. The van der Waals surface area contributed by atoms with Crippen LogP contribution in [0.4, 0.5) is 5.82 Å². The second-order valence-electron chi connectivity index (χ2n) is 6.42. The SMILES string of the molecule is CC1=Nc2c(c(=O)[nH]n2C2CCCCC2)C(c2cnn(C)c2)S1. The van der Waals surface area contributed by atoms with Gasteiger partial charge in [0.15, 0.2) is 5.82 Å². The Labute approximate surface area is 139 Å². The van der Waals surface area contributed by atoms with Gasteiger partial charge in [-0.2, -0.15) is 5.10 Å². The number of aromatic amines is 1. The van der Waals surface area contributed by atoms with Crippen molar-refractivity contribution in [3.8, 4) is 0 Å². The average molecular weight is 331 g/mol. The van der Waals surface area contributed by atoms with Gasteiger partial charge < -0.3 is 0 Å². The fourth-order valence-electron chi connectivity index (χ4n) is 3.62. The topological polar surface area (TPSA) is 68.0 Å². The number of hydrogen-bond donors (Lipinski definition) is 1. The van der Waals surface area contributed by atoms with Crippen LogP contribution in [0.5, 0.6) is 0 Å². The first-order valence-corrected chi connectivity index (χ1v) is 9.06. The number of aromatic nitrogens is 4. The molecule has 0 amide bonds. The van der Waals surface area contributed by atoms with E-state index in [1.807, 2.05) is 31.0 Å². The van der Waals surface area contributed by atoms with Crippen LogP contribution in [-0.2, 0) is 7.05 Å². The second-order valence-corrected chi connectivity index (χ2v) is 7.71. The van der Waals surface area contributed by atoms with Crippen LogP contribution in [0.2, 0.25) is 0 Å². The molecule has 23 heavy (non-hydrogen) atoms. The molecular weight excluding hydrogens is 310 g/mol. The summed E-state index contributed by atoms with van der Waals surface area (Å²) in [7, 11) is 1.90. The smallest absolute Gasteiger partial charge is 0.271 e. The predicted octanol–water partition coefficient (Wildman–Crippen LogP) is 3.30. The van der Waals surface area contributed by atoms with Gasteiger partial charge in [0.2, 0.25) is 0 Å². The molecule has 0 radical (unpaired) electrons. The van der Waals surface area contributed by atoms with E-state index in [4.69, 9.17) is 4.99 Å². The number of nitrogens with one attached hydrogen (secondary N) is 1. The molecule has 1 N–H and O–H groups in total. The fraction of sp³-hybridized carbons (Fsp3) is 0.562. The van der Waals surface area contributed by atoms with E-state index in [0.29, 0.717) is 6.04 Å². The number of aryl methyl sites for hydroxylation is 1. The van der Waals surface area contributed by atoms with Crippen LogP contribution in [0, 0.1) is 0 Å². The number of aliphatic imine (C=N–C) groups is 1. The van der Waals surface area contributed by atoms with Crippen LogP contribution in [0.3, 0.4) is 0 Å². The molecule has 1 saturated carbocycles. The van der Waals surface area contributed by atoms with E-state index >= 15 is 0 Å². The number of thioether (sulfide) groups is 1. The minimum Gasteiger partial charge on any atom is -0.275 e. The third-order valence-corrected chi connectivity index (χ3v) is 5.89. The molecule has 1 fully saturated rings. The van der Waals surface area contributed by atoms with Crippen LogP contribution >= 0.6 is 11.8 Å². The van der Waals surface area contributed by atoms with Gasteiger partial charge in [0.25, 0.3) is 5.56 Å². The lowest BCUT2D eigenvalue weighted by molar-refractivity contribution is 0.331. The molecule has 0 saturated heterocycles. The maximum absolute atomic E-state index is 12.6. The molecule has 122 valence electrons. The summed E-state index contributed by atoms with van der Waals surface area (Å²) in [6.45, 7) is 2.01. The van der Waals surface area contributed by atoms with Crippen LogP contribution in [0.15, 0.2) is 22.2 Å². The van der Waals surface area contributed by atoms with Crippen LogP contribution < -0.4 is 5.56 Å². The molecule has 0 aromatic carbocycles. The van der Waals surface area contributed by atoms with Crippen molar-refractivity contribution in [2.24, 2.45) is 12.0 Å². The lowest BCUT2D eigenvalue weighted by atomic mass is 9.95. The summed E-state index contributed by atoms with van der Waals surface area (Å²) in [5, 5.41) is 8.30. The molecule has 1 atom stereocenters. The van der Waals surface area contributed by atoms with Gasteiger partial charge in [-0.1, -0.05) is 31.0 Å². The highest BCUT2D eigenvalue weighted by atomic mass is 32.2. The number of fused-ring (bicyclic) bond motifs is 1. The third kappa shape index (κ3) is 2.56. The Bertz CT molecular complexity index is 809. The Morgan fingerprint density at radius 3 is 2.78 bits per heavy atom. The Hall–Kier alpha value is -1.76.